The summed E-state index contributed by atoms with van der Waals surface area (Å²) < 4.78 is 36.2. The van der Waals surface area contributed by atoms with Crippen molar-refractivity contribution in [3.63, 3.8) is 0 Å². The predicted octanol–water partition coefficient (Wildman–Crippen LogP) is 3.89. The molecule has 2 aromatic carbocycles. The van der Waals surface area contributed by atoms with Crippen LogP contribution >= 0.6 is 0 Å². The highest BCUT2D eigenvalue weighted by atomic mass is 16.7. The Hall–Kier alpha value is -5.72. The van der Waals surface area contributed by atoms with Crippen molar-refractivity contribution in [2.75, 3.05) is 26.8 Å². The van der Waals surface area contributed by atoms with Crippen LogP contribution in [0.4, 0.5) is 0 Å². The maximum Gasteiger partial charge on any atom is 0.366 e. The van der Waals surface area contributed by atoms with Gasteiger partial charge in [-0.05, 0) is 68.5 Å². The van der Waals surface area contributed by atoms with Gasteiger partial charge < -0.3 is 44.4 Å². The number of rotatable bonds is 20. The molecule has 1 saturated carbocycles. The molecule has 0 spiro atoms. The largest absolute Gasteiger partial charge is 0.465 e. The Labute approximate surface area is 367 Å². The third-order valence-electron chi connectivity index (χ3n) is 10.9. The monoisotopic (exact) mass is 876 g/mol. The number of benzene rings is 2. The summed E-state index contributed by atoms with van der Waals surface area (Å²) in [4.78, 5) is 78.0. The second-order valence-corrected chi connectivity index (χ2v) is 16.1. The van der Waals surface area contributed by atoms with Crippen LogP contribution in [0.3, 0.4) is 0 Å². The van der Waals surface area contributed by atoms with E-state index in [2.05, 4.69) is 26.3 Å². The van der Waals surface area contributed by atoms with Crippen LogP contribution in [0.2, 0.25) is 0 Å². The van der Waals surface area contributed by atoms with Gasteiger partial charge in [0.15, 0.2) is 0 Å². The van der Waals surface area contributed by atoms with E-state index in [0.717, 1.165) is 36.9 Å². The third kappa shape index (κ3) is 14.1. The van der Waals surface area contributed by atoms with Crippen LogP contribution in [0.15, 0.2) is 48.7 Å². The molecule has 342 valence electrons. The van der Waals surface area contributed by atoms with Crippen molar-refractivity contribution in [3.8, 4) is 5.75 Å². The Morgan fingerprint density at radius 2 is 1.67 bits per heavy atom. The minimum Gasteiger partial charge on any atom is -0.465 e. The molecule has 5 rings (SSSR count). The number of amides is 2. The zero-order valence-corrected chi connectivity index (χ0v) is 36.9. The SMILES string of the molecule is COC(=O)[C@@]1(OCCCNCc2ccccc2)C[C@@H](OC(C)=O)C(NC(=O)Cn2cc(C3CCCCC3)nn2)C(C[C@@H](CNC(=O)c2cc(C)c(OC(C)=O)c(C)c2)OC(C)=O)O1. The maximum atomic E-state index is 13.8. The van der Waals surface area contributed by atoms with Crippen LogP contribution in [0.1, 0.15) is 111 Å². The maximum absolute atomic E-state index is 13.8. The number of nitrogens with one attached hydrogen (secondary N) is 3. The molecule has 0 radical (unpaired) electrons. The highest BCUT2D eigenvalue weighted by Crippen LogP contribution is 2.36. The average Bonchev–Trinajstić information content (AvgIpc) is 3.71. The lowest BCUT2D eigenvalue weighted by Gasteiger charge is -2.46. The van der Waals surface area contributed by atoms with E-state index in [1.165, 1.54) is 39.0 Å². The van der Waals surface area contributed by atoms with Crippen LogP contribution in [-0.4, -0.2) is 108 Å². The van der Waals surface area contributed by atoms with Crippen LogP contribution in [0, 0.1) is 13.8 Å². The van der Waals surface area contributed by atoms with Crippen LogP contribution in [0.5, 0.6) is 5.75 Å². The van der Waals surface area contributed by atoms with Crippen molar-refractivity contribution in [2.45, 2.75) is 135 Å². The molecule has 5 atom stereocenters. The minimum absolute atomic E-state index is 0.0154. The molecule has 3 aromatic rings. The topological polar surface area (TPSA) is 225 Å². The Kier molecular flexibility index (Phi) is 17.7. The van der Waals surface area contributed by atoms with Gasteiger partial charge in [0.1, 0.15) is 24.5 Å². The molecule has 18 nitrogen and oxygen atoms in total. The van der Waals surface area contributed by atoms with Crippen LogP contribution in [-0.2, 0) is 60.7 Å². The van der Waals surface area contributed by atoms with E-state index in [0.29, 0.717) is 36.4 Å². The van der Waals surface area contributed by atoms with E-state index in [1.807, 2.05) is 30.3 Å². The van der Waals surface area contributed by atoms with Gasteiger partial charge in [0.05, 0.1) is 44.5 Å². The molecule has 2 fully saturated rings. The number of ether oxygens (including phenoxy) is 6. The first-order valence-corrected chi connectivity index (χ1v) is 21.4. The second kappa shape index (κ2) is 23.1. The van der Waals surface area contributed by atoms with Crippen molar-refractivity contribution < 1.29 is 57.2 Å². The molecule has 2 unspecified atom stereocenters. The summed E-state index contributed by atoms with van der Waals surface area (Å²) in [5.74, 6) is -5.36. The van der Waals surface area contributed by atoms with E-state index in [9.17, 15) is 28.8 Å². The smallest absolute Gasteiger partial charge is 0.366 e. The van der Waals surface area contributed by atoms with E-state index < -0.39 is 65.8 Å². The summed E-state index contributed by atoms with van der Waals surface area (Å²) in [5, 5.41) is 17.6. The Morgan fingerprint density at radius 3 is 2.32 bits per heavy atom. The highest BCUT2D eigenvalue weighted by Gasteiger charge is 2.56. The van der Waals surface area contributed by atoms with Crippen molar-refractivity contribution in [1.29, 1.82) is 0 Å². The number of aryl methyl sites for hydroxylation is 2. The Bertz CT molecular complexity index is 2030. The normalized spacial score (nSPS) is 20.5. The fraction of sp³-hybridized carbons (Fsp3) is 0.556. The molecule has 1 aliphatic heterocycles. The number of aromatic nitrogens is 3. The zero-order valence-electron chi connectivity index (χ0n) is 36.9. The Morgan fingerprint density at radius 1 is 0.952 bits per heavy atom. The summed E-state index contributed by atoms with van der Waals surface area (Å²) in [6.07, 6.45) is 3.45. The highest BCUT2D eigenvalue weighted by molar-refractivity contribution is 5.95. The molecule has 1 aromatic heterocycles. The number of methoxy groups -OCH3 is 1. The fourth-order valence-electron chi connectivity index (χ4n) is 8.12. The van der Waals surface area contributed by atoms with Crippen LogP contribution < -0.4 is 20.7 Å². The molecular weight excluding hydrogens is 817 g/mol. The molecule has 2 amide bonds. The number of esters is 4. The van der Waals surface area contributed by atoms with Gasteiger partial charge in [-0.1, -0.05) is 54.8 Å². The minimum atomic E-state index is -2.12. The van der Waals surface area contributed by atoms with E-state index in [1.54, 1.807) is 32.2 Å². The fourth-order valence-corrected chi connectivity index (χ4v) is 8.12. The van der Waals surface area contributed by atoms with E-state index in [-0.39, 0.29) is 44.0 Å². The molecule has 2 heterocycles. The zero-order chi connectivity index (χ0) is 45.5. The van der Waals surface area contributed by atoms with Gasteiger partial charge in [-0.25, -0.2) is 9.48 Å². The van der Waals surface area contributed by atoms with Crippen molar-refractivity contribution >= 4 is 35.7 Å². The molecule has 18 heteroatoms. The lowest BCUT2D eigenvalue weighted by Crippen LogP contribution is -2.66. The van der Waals surface area contributed by atoms with Gasteiger partial charge in [0.25, 0.3) is 11.7 Å². The van der Waals surface area contributed by atoms with E-state index in [4.69, 9.17) is 28.4 Å². The summed E-state index contributed by atoms with van der Waals surface area (Å²) in [6.45, 7) is 7.77. The first kappa shape index (κ1) is 48.3. The Balaban J connectivity index is 1.39. The van der Waals surface area contributed by atoms with Gasteiger partial charge in [0.2, 0.25) is 5.91 Å². The number of hydrogen-bond donors (Lipinski definition) is 3. The standard InChI is InChI=1S/C45H60N6O12/c1-28-20-35(21-29(2)42(28)62-32(5)54)43(56)47-25-36(60-30(3)52)22-38-41(48-40(55)27-51-26-37(49-50-51)34-16-11-8-12-17-34)39(61-31(4)53)23-45(63-38,44(57)58-6)59-19-13-18-46-24-33-14-9-7-10-15-33/h7,9-10,14-15,20-21,26,34,36,38-39,41,46H,8,11-13,16-19,22-25,27H2,1-6H3,(H,47,56)(H,48,55)/t36-,38?,39+,41?,45+/m0/s1. The van der Waals surface area contributed by atoms with Crippen LogP contribution in [0.25, 0.3) is 0 Å². The predicted molar refractivity (Wildman–Crippen MR) is 226 cm³/mol. The van der Waals surface area contributed by atoms with Crippen molar-refractivity contribution in [2.24, 2.45) is 0 Å². The molecule has 1 saturated heterocycles. The molecule has 63 heavy (non-hydrogen) atoms. The number of nitrogens with zero attached hydrogens (tertiary/aromatic N) is 3. The molecule has 1 aliphatic carbocycles. The second-order valence-electron chi connectivity index (χ2n) is 16.1. The van der Waals surface area contributed by atoms with Gasteiger partial charge in [-0.3, -0.25) is 24.0 Å². The number of carbonyl (C=O) groups excluding carboxylic acids is 6. The quantitative estimate of drug-likeness (QED) is 0.0634. The summed E-state index contributed by atoms with van der Waals surface area (Å²) in [7, 11) is 1.17. The summed E-state index contributed by atoms with van der Waals surface area (Å²) in [5.41, 5.74) is 3.27. The van der Waals surface area contributed by atoms with Crippen molar-refractivity contribution in [1.82, 2.24) is 30.9 Å². The molecular formula is C45H60N6O12. The number of carbonyl (C=O) groups is 6. The van der Waals surface area contributed by atoms with Gasteiger partial charge in [-0.2, -0.15) is 0 Å². The van der Waals surface area contributed by atoms with Gasteiger partial charge >= 0.3 is 23.9 Å². The first-order valence-electron chi connectivity index (χ1n) is 21.4. The van der Waals surface area contributed by atoms with Gasteiger partial charge in [-0.15, -0.1) is 5.10 Å². The summed E-state index contributed by atoms with van der Waals surface area (Å²) >= 11 is 0. The van der Waals surface area contributed by atoms with E-state index >= 15 is 0 Å². The lowest BCUT2D eigenvalue weighted by molar-refractivity contribution is -0.300. The molecule has 3 N–H and O–H groups in total. The summed E-state index contributed by atoms with van der Waals surface area (Å²) in [6, 6.07) is 11.8. The number of hydrogen-bond acceptors (Lipinski definition) is 15. The van der Waals surface area contributed by atoms with Gasteiger partial charge in [0, 0.05) is 51.4 Å². The first-order chi connectivity index (χ1) is 30.2. The third-order valence-corrected chi connectivity index (χ3v) is 10.9. The molecule has 2 aliphatic rings. The van der Waals surface area contributed by atoms with Crippen molar-refractivity contribution in [3.05, 3.63) is 76.6 Å². The average molecular weight is 877 g/mol. The molecule has 0 bridgehead atoms. The lowest BCUT2D eigenvalue weighted by atomic mass is 9.87.